The summed E-state index contributed by atoms with van der Waals surface area (Å²) in [4.78, 5) is 20.2. The van der Waals surface area contributed by atoms with Crippen molar-refractivity contribution >= 4 is 11.7 Å². The third kappa shape index (κ3) is 4.00. The zero-order chi connectivity index (χ0) is 16.1. The van der Waals surface area contributed by atoms with Gasteiger partial charge in [0.1, 0.15) is 5.82 Å². The normalized spacial score (nSPS) is 10.5. The van der Waals surface area contributed by atoms with Crippen LogP contribution in [0.5, 0.6) is 0 Å². The minimum atomic E-state index is -0.140. The Labute approximate surface area is 133 Å². The molecule has 6 heteroatoms. The van der Waals surface area contributed by atoms with Crippen molar-refractivity contribution in [3.63, 3.8) is 0 Å². The number of carbonyl (C=O) groups is 1. The van der Waals surface area contributed by atoms with Gasteiger partial charge >= 0.3 is 0 Å². The van der Waals surface area contributed by atoms with Crippen LogP contribution in [0.1, 0.15) is 17.9 Å². The van der Waals surface area contributed by atoms with Crippen LogP contribution in [0, 0.1) is 6.92 Å². The van der Waals surface area contributed by atoms with Crippen LogP contribution in [0.3, 0.4) is 0 Å². The number of rotatable bonds is 5. The number of amides is 1. The first kappa shape index (κ1) is 14.9. The van der Waals surface area contributed by atoms with Gasteiger partial charge in [0.15, 0.2) is 0 Å². The zero-order valence-electron chi connectivity index (χ0n) is 12.7. The van der Waals surface area contributed by atoms with E-state index in [0.717, 1.165) is 5.56 Å². The van der Waals surface area contributed by atoms with Crippen LogP contribution in [-0.4, -0.2) is 21.0 Å². The first-order valence-electron chi connectivity index (χ1n) is 7.31. The maximum atomic E-state index is 11.9. The van der Waals surface area contributed by atoms with Gasteiger partial charge in [0.2, 0.25) is 17.6 Å². The van der Waals surface area contributed by atoms with E-state index in [4.69, 9.17) is 4.52 Å². The molecule has 0 fully saturated rings. The number of hydrogen-bond acceptors (Lipinski definition) is 5. The highest BCUT2D eigenvalue weighted by Gasteiger charge is 2.11. The van der Waals surface area contributed by atoms with Crippen LogP contribution in [0.2, 0.25) is 0 Å². The maximum absolute atomic E-state index is 11.9. The quantitative estimate of drug-likeness (QED) is 0.783. The van der Waals surface area contributed by atoms with Gasteiger partial charge in [-0.15, -0.1) is 0 Å². The number of aromatic nitrogens is 3. The summed E-state index contributed by atoms with van der Waals surface area (Å²) in [5.74, 6) is 1.36. The number of anilines is 1. The number of pyridine rings is 1. The molecular formula is C17H16N4O2. The molecule has 0 aliphatic rings. The minimum Gasteiger partial charge on any atom is -0.339 e. The molecule has 2 heterocycles. The van der Waals surface area contributed by atoms with Gasteiger partial charge in [-0.25, -0.2) is 4.98 Å². The molecular weight excluding hydrogens is 292 g/mol. The fraction of sp³-hybridized carbons (Fsp3) is 0.176. The Balaban J connectivity index is 1.57. The van der Waals surface area contributed by atoms with E-state index in [2.05, 4.69) is 20.4 Å². The van der Waals surface area contributed by atoms with Gasteiger partial charge in [-0.2, -0.15) is 4.98 Å². The van der Waals surface area contributed by atoms with E-state index in [1.54, 1.807) is 18.3 Å². The predicted molar refractivity (Wildman–Crippen MR) is 85.7 cm³/mol. The first-order chi connectivity index (χ1) is 11.2. The molecule has 0 spiro atoms. The highest BCUT2D eigenvalue weighted by atomic mass is 16.5. The molecule has 2 aromatic heterocycles. The summed E-state index contributed by atoms with van der Waals surface area (Å²) in [7, 11) is 0. The molecule has 0 bridgehead atoms. The van der Waals surface area contributed by atoms with E-state index in [-0.39, 0.29) is 12.3 Å². The standard InChI is InChI=1S/C17H16N4O2/c1-12-5-7-13(8-6-12)17-20-16(23-21-17)10-9-15(22)19-14-4-2-3-11-18-14/h2-8,11H,9-10H2,1H3,(H,18,19,22). The van der Waals surface area contributed by atoms with Crippen molar-refractivity contribution in [3.8, 4) is 11.4 Å². The van der Waals surface area contributed by atoms with Gasteiger partial charge in [-0.3, -0.25) is 4.79 Å². The maximum Gasteiger partial charge on any atom is 0.227 e. The molecule has 116 valence electrons. The molecule has 1 N–H and O–H groups in total. The molecule has 1 amide bonds. The molecule has 3 aromatic rings. The monoisotopic (exact) mass is 308 g/mol. The lowest BCUT2D eigenvalue weighted by molar-refractivity contribution is -0.116. The van der Waals surface area contributed by atoms with Gasteiger partial charge in [0, 0.05) is 24.6 Å². The largest absolute Gasteiger partial charge is 0.339 e. The molecule has 0 aliphatic carbocycles. The van der Waals surface area contributed by atoms with Gasteiger partial charge in [0.25, 0.3) is 0 Å². The van der Waals surface area contributed by atoms with Crippen molar-refractivity contribution in [3.05, 3.63) is 60.1 Å². The Bertz CT molecular complexity index is 782. The Hall–Kier alpha value is -3.02. The Kier molecular flexibility index (Phi) is 4.42. The second kappa shape index (κ2) is 6.83. The molecule has 0 radical (unpaired) electrons. The van der Waals surface area contributed by atoms with Crippen molar-refractivity contribution in [1.29, 1.82) is 0 Å². The molecule has 0 unspecified atom stereocenters. The van der Waals surface area contributed by atoms with Crippen LogP contribution in [0.15, 0.2) is 53.2 Å². The lowest BCUT2D eigenvalue weighted by Crippen LogP contribution is -2.13. The number of hydrogen-bond donors (Lipinski definition) is 1. The predicted octanol–water partition coefficient (Wildman–Crippen LogP) is 3.01. The van der Waals surface area contributed by atoms with Crippen molar-refractivity contribution in [2.24, 2.45) is 0 Å². The third-order valence-corrected chi connectivity index (χ3v) is 3.28. The number of carbonyl (C=O) groups excluding carboxylic acids is 1. The summed E-state index contributed by atoms with van der Waals surface area (Å²) in [6, 6.07) is 13.2. The number of benzene rings is 1. The number of nitrogens with one attached hydrogen (secondary N) is 1. The van der Waals surface area contributed by atoms with Crippen LogP contribution < -0.4 is 5.32 Å². The van der Waals surface area contributed by atoms with Crippen molar-refractivity contribution < 1.29 is 9.32 Å². The Morgan fingerprint density at radius 2 is 2.00 bits per heavy atom. The molecule has 0 saturated heterocycles. The summed E-state index contributed by atoms with van der Waals surface area (Å²) in [6.07, 6.45) is 2.27. The van der Waals surface area contributed by atoms with E-state index >= 15 is 0 Å². The lowest BCUT2D eigenvalue weighted by Gasteiger charge is -2.01. The van der Waals surface area contributed by atoms with Crippen molar-refractivity contribution in [2.45, 2.75) is 19.8 Å². The van der Waals surface area contributed by atoms with Crippen LogP contribution in [-0.2, 0) is 11.2 Å². The molecule has 0 atom stereocenters. The first-order valence-corrected chi connectivity index (χ1v) is 7.31. The van der Waals surface area contributed by atoms with Gasteiger partial charge in [-0.1, -0.05) is 41.1 Å². The highest BCUT2D eigenvalue weighted by molar-refractivity contribution is 5.89. The smallest absolute Gasteiger partial charge is 0.227 e. The number of nitrogens with zero attached hydrogens (tertiary/aromatic N) is 3. The average Bonchev–Trinajstić information content (AvgIpc) is 3.04. The van der Waals surface area contributed by atoms with Crippen LogP contribution in [0.4, 0.5) is 5.82 Å². The van der Waals surface area contributed by atoms with E-state index in [0.29, 0.717) is 24.0 Å². The lowest BCUT2D eigenvalue weighted by atomic mass is 10.1. The second-order valence-corrected chi connectivity index (χ2v) is 5.14. The molecule has 0 aliphatic heterocycles. The minimum absolute atomic E-state index is 0.140. The second-order valence-electron chi connectivity index (χ2n) is 5.14. The highest BCUT2D eigenvalue weighted by Crippen LogP contribution is 2.16. The Morgan fingerprint density at radius 1 is 1.17 bits per heavy atom. The zero-order valence-corrected chi connectivity index (χ0v) is 12.7. The molecule has 3 rings (SSSR count). The van der Waals surface area contributed by atoms with Gasteiger partial charge in [-0.05, 0) is 19.1 Å². The summed E-state index contributed by atoms with van der Waals surface area (Å²) in [5.41, 5.74) is 2.06. The molecule has 23 heavy (non-hydrogen) atoms. The average molecular weight is 308 g/mol. The summed E-state index contributed by atoms with van der Waals surface area (Å²) >= 11 is 0. The summed E-state index contributed by atoms with van der Waals surface area (Å²) < 4.78 is 5.19. The fourth-order valence-corrected chi connectivity index (χ4v) is 2.04. The summed E-state index contributed by atoms with van der Waals surface area (Å²) in [6.45, 7) is 2.02. The third-order valence-electron chi connectivity index (χ3n) is 3.28. The molecule has 6 nitrogen and oxygen atoms in total. The van der Waals surface area contributed by atoms with Gasteiger partial charge in [0.05, 0.1) is 0 Å². The topological polar surface area (TPSA) is 80.9 Å². The van der Waals surface area contributed by atoms with E-state index in [1.165, 1.54) is 5.56 Å². The van der Waals surface area contributed by atoms with Gasteiger partial charge < -0.3 is 9.84 Å². The van der Waals surface area contributed by atoms with E-state index < -0.39 is 0 Å². The van der Waals surface area contributed by atoms with E-state index in [9.17, 15) is 4.79 Å². The Morgan fingerprint density at radius 3 is 2.74 bits per heavy atom. The molecule has 1 aromatic carbocycles. The summed E-state index contributed by atoms with van der Waals surface area (Å²) in [5, 5.41) is 6.66. The van der Waals surface area contributed by atoms with Crippen molar-refractivity contribution in [2.75, 3.05) is 5.32 Å². The van der Waals surface area contributed by atoms with Crippen molar-refractivity contribution in [1.82, 2.24) is 15.1 Å². The van der Waals surface area contributed by atoms with Crippen LogP contribution >= 0.6 is 0 Å². The fourth-order valence-electron chi connectivity index (χ4n) is 2.04. The van der Waals surface area contributed by atoms with Crippen LogP contribution in [0.25, 0.3) is 11.4 Å². The molecule has 0 saturated carbocycles. The SMILES string of the molecule is Cc1ccc(-c2noc(CCC(=O)Nc3ccccn3)n2)cc1. The van der Waals surface area contributed by atoms with E-state index in [1.807, 2.05) is 37.3 Å². The number of aryl methyl sites for hydroxylation is 2.